The van der Waals surface area contributed by atoms with E-state index in [2.05, 4.69) is 20.4 Å². The van der Waals surface area contributed by atoms with Crippen molar-refractivity contribution in [1.29, 1.82) is 0 Å². The fraction of sp³-hybridized carbons (Fsp3) is 0.333. The van der Waals surface area contributed by atoms with Crippen LogP contribution in [0, 0.1) is 5.82 Å². The molecule has 2 bridgehead atoms. The third-order valence-corrected chi connectivity index (χ3v) is 4.78. The summed E-state index contributed by atoms with van der Waals surface area (Å²) < 4.78 is 21.3. The molecule has 1 fully saturated rings. The van der Waals surface area contributed by atoms with Gasteiger partial charge < -0.3 is 10.1 Å². The van der Waals surface area contributed by atoms with Crippen LogP contribution in [0.2, 0.25) is 0 Å². The number of carbonyl (C=O) groups excluding carboxylic acids is 1. The molecule has 3 aromatic rings. The Bertz CT molecular complexity index is 1070. The number of halogens is 1. The molecule has 0 unspecified atom stereocenters. The van der Waals surface area contributed by atoms with Gasteiger partial charge in [-0.3, -0.25) is 9.63 Å². The van der Waals surface area contributed by atoms with Crippen LogP contribution in [0.25, 0.3) is 5.65 Å². The number of nitrogens with zero attached hydrogens (tertiary/aromatic N) is 5. The number of anilines is 1. The first-order valence-corrected chi connectivity index (χ1v) is 8.96. The van der Waals surface area contributed by atoms with E-state index >= 15 is 0 Å². The topological polar surface area (TPSA) is 93.9 Å². The van der Waals surface area contributed by atoms with E-state index in [0.29, 0.717) is 41.5 Å². The lowest BCUT2D eigenvalue weighted by atomic mass is 10.1. The lowest BCUT2D eigenvalue weighted by Crippen LogP contribution is -2.37. The van der Waals surface area contributed by atoms with Crippen LogP contribution in [0.5, 0.6) is 5.88 Å². The Kier molecular flexibility index (Phi) is 3.86. The molecule has 1 amide bonds. The van der Waals surface area contributed by atoms with E-state index in [4.69, 9.17) is 9.57 Å². The van der Waals surface area contributed by atoms with Crippen LogP contribution in [0.15, 0.2) is 30.7 Å². The van der Waals surface area contributed by atoms with E-state index < -0.39 is 5.82 Å². The Morgan fingerprint density at radius 3 is 3.14 bits per heavy atom. The second kappa shape index (κ2) is 6.41. The Balaban J connectivity index is 1.69. The van der Waals surface area contributed by atoms with Crippen molar-refractivity contribution in [1.82, 2.24) is 24.9 Å². The van der Waals surface area contributed by atoms with E-state index in [1.165, 1.54) is 16.8 Å². The van der Waals surface area contributed by atoms with Crippen LogP contribution in [0.3, 0.4) is 0 Å². The van der Waals surface area contributed by atoms with E-state index in [1.807, 2.05) is 6.92 Å². The Hall–Kier alpha value is -3.27. The number of carbonyl (C=O) groups is 1. The van der Waals surface area contributed by atoms with Crippen molar-refractivity contribution in [2.24, 2.45) is 0 Å². The predicted octanol–water partition coefficient (Wildman–Crippen LogP) is 1.66. The number of nitrogens with one attached hydrogen (secondary N) is 1. The van der Waals surface area contributed by atoms with E-state index in [0.717, 1.165) is 6.20 Å². The zero-order valence-electron chi connectivity index (χ0n) is 15.0. The van der Waals surface area contributed by atoms with E-state index in [1.54, 1.807) is 17.3 Å². The maximum Gasteiger partial charge on any atom is 0.257 e. The molecule has 5 heterocycles. The van der Waals surface area contributed by atoms with Gasteiger partial charge >= 0.3 is 0 Å². The van der Waals surface area contributed by atoms with E-state index in [-0.39, 0.29) is 24.6 Å². The molecule has 2 aliphatic heterocycles. The first-order valence-electron chi connectivity index (χ1n) is 8.96. The van der Waals surface area contributed by atoms with Crippen LogP contribution >= 0.6 is 0 Å². The molecule has 28 heavy (non-hydrogen) atoms. The van der Waals surface area contributed by atoms with Gasteiger partial charge in [-0.2, -0.15) is 5.10 Å². The standard InChI is InChI=1S/C18H17FN6O3/c1-10-9-27-18-12(6-11(19)7-20-18)14-3-5-28-25(14)15-2-4-24-16(23-15)13(8-21-24)17(26)22-10/h2,4,6-8,10,14H,3,5,9H2,1H3,(H,22,26)/t10-,14-/m1/s1. The molecule has 144 valence electrons. The zero-order valence-corrected chi connectivity index (χ0v) is 15.0. The zero-order chi connectivity index (χ0) is 19.3. The number of hydrogen-bond donors (Lipinski definition) is 1. The van der Waals surface area contributed by atoms with Crippen molar-refractivity contribution in [2.45, 2.75) is 25.4 Å². The molecule has 0 spiro atoms. The summed E-state index contributed by atoms with van der Waals surface area (Å²) in [5, 5.41) is 8.66. The van der Waals surface area contributed by atoms with Crippen molar-refractivity contribution in [3.63, 3.8) is 0 Å². The molecule has 2 atom stereocenters. The minimum Gasteiger partial charge on any atom is -0.475 e. The van der Waals surface area contributed by atoms with Gasteiger partial charge in [-0.05, 0) is 13.0 Å². The van der Waals surface area contributed by atoms with Gasteiger partial charge in [0.2, 0.25) is 5.88 Å². The molecule has 5 rings (SSSR count). The third kappa shape index (κ3) is 2.73. The molecular formula is C18H17FN6O3. The number of aromatic nitrogens is 4. The summed E-state index contributed by atoms with van der Waals surface area (Å²) in [6.45, 7) is 2.44. The van der Waals surface area contributed by atoms with Crippen molar-refractivity contribution in [3.05, 3.63) is 47.7 Å². The molecule has 1 saturated heterocycles. The summed E-state index contributed by atoms with van der Waals surface area (Å²) in [5.41, 5.74) is 1.34. The molecule has 0 aromatic carbocycles. The van der Waals surface area contributed by atoms with Crippen LogP contribution in [0.4, 0.5) is 10.2 Å². The monoisotopic (exact) mass is 384 g/mol. The highest BCUT2D eigenvalue weighted by Gasteiger charge is 2.33. The van der Waals surface area contributed by atoms with Gasteiger partial charge in [0.1, 0.15) is 18.0 Å². The van der Waals surface area contributed by atoms with Crippen molar-refractivity contribution in [3.8, 4) is 5.88 Å². The number of rotatable bonds is 0. The summed E-state index contributed by atoms with van der Waals surface area (Å²) in [6, 6.07) is 2.51. The van der Waals surface area contributed by atoms with Gasteiger partial charge in [-0.1, -0.05) is 0 Å². The van der Waals surface area contributed by atoms with Crippen molar-refractivity contribution < 1.29 is 18.8 Å². The average molecular weight is 384 g/mol. The quantitative estimate of drug-likeness (QED) is 0.630. The van der Waals surface area contributed by atoms with Crippen LogP contribution < -0.4 is 15.1 Å². The highest BCUT2D eigenvalue weighted by atomic mass is 19.1. The third-order valence-electron chi connectivity index (χ3n) is 4.78. The summed E-state index contributed by atoms with van der Waals surface area (Å²) in [6.07, 6.45) is 4.91. The maximum atomic E-state index is 14.0. The minimum absolute atomic E-state index is 0.181. The van der Waals surface area contributed by atoms with Gasteiger partial charge in [0.05, 0.1) is 31.1 Å². The summed E-state index contributed by atoms with van der Waals surface area (Å²) in [4.78, 5) is 27.1. The molecule has 0 radical (unpaired) electrons. The minimum atomic E-state index is -0.457. The first kappa shape index (κ1) is 16.9. The molecule has 9 nitrogen and oxygen atoms in total. The number of hydroxylamine groups is 1. The van der Waals surface area contributed by atoms with Crippen molar-refractivity contribution in [2.75, 3.05) is 18.3 Å². The van der Waals surface area contributed by atoms with Gasteiger partial charge in [-0.15, -0.1) is 0 Å². The molecule has 0 saturated carbocycles. The highest BCUT2D eigenvalue weighted by Crippen LogP contribution is 2.38. The number of pyridine rings is 1. The molecule has 1 N–H and O–H groups in total. The number of hydrogen-bond acceptors (Lipinski definition) is 7. The Morgan fingerprint density at radius 1 is 1.36 bits per heavy atom. The number of amides is 1. The molecular weight excluding hydrogens is 367 g/mol. The second-order valence-corrected chi connectivity index (χ2v) is 6.81. The van der Waals surface area contributed by atoms with Crippen LogP contribution in [-0.4, -0.2) is 44.7 Å². The molecule has 2 aliphatic rings. The predicted molar refractivity (Wildman–Crippen MR) is 95.4 cm³/mol. The summed E-state index contributed by atoms with van der Waals surface area (Å²) in [5.74, 6) is 0.0425. The lowest BCUT2D eigenvalue weighted by molar-refractivity contribution is 0.0927. The van der Waals surface area contributed by atoms with Gasteiger partial charge in [-0.25, -0.2) is 23.9 Å². The number of ether oxygens (including phenoxy) is 1. The molecule has 3 aromatic heterocycles. The smallest absolute Gasteiger partial charge is 0.257 e. The molecule has 10 heteroatoms. The molecule has 0 aliphatic carbocycles. The fourth-order valence-corrected chi connectivity index (χ4v) is 3.47. The first-order chi connectivity index (χ1) is 13.6. The van der Waals surface area contributed by atoms with Crippen LogP contribution in [-0.2, 0) is 4.84 Å². The van der Waals surface area contributed by atoms with Gasteiger partial charge in [0.15, 0.2) is 11.5 Å². The lowest BCUT2D eigenvalue weighted by Gasteiger charge is -2.25. The van der Waals surface area contributed by atoms with E-state index in [9.17, 15) is 9.18 Å². The number of fused-ring (bicyclic) bond motifs is 5. The maximum absolute atomic E-state index is 14.0. The summed E-state index contributed by atoms with van der Waals surface area (Å²) >= 11 is 0. The average Bonchev–Trinajstić information content (AvgIpc) is 3.32. The summed E-state index contributed by atoms with van der Waals surface area (Å²) in [7, 11) is 0. The largest absolute Gasteiger partial charge is 0.475 e. The SMILES string of the molecule is C[C@@H]1COc2ncc(F)cc2[C@H]2CCON2c2ccn3ncc(c3n2)C(=O)N1. The van der Waals surface area contributed by atoms with Crippen molar-refractivity contribution >= 4 is 17.4 Å². The van der Waals surface area contributed by atoms with Gasteiger partial charge in [0, 0.05) is 24.2 Å². The normalized spacial score (nSPS) is 21.9. The second-order valence-electron chi connectivity index (χ2n) is 6.81. The fourth-order valence-electron chi connectivity index (χ4n) is 3.47. The van der Waals surface area contributed by atoms with Crippen LogP contribution in [0.1, 0.15) is 35.3 Å². The Labute approximate surface area is 159 Å². The highest BCUT2D eigenvalue weighted by molar-refractivity contribution is 5.99. The Morgan fingerprint density at radius 2 is 2.25 bits per heavy atom. The van der Waals surface area contributed by atoms with Gasteiger partial charge in [0.25, 0.3) is 5.91 Å².